The predicted octanol–water partition coefficient (Wildman–Crippen LogP) is 3.31. The van der Waals surface area contributed by atoms with Gasteiger partial charge in [-0.15, -0.1) is 0 Å². The number of fused-ring (bicyclic) bond motifs is 5. The van der Waals surface area contributed by atoms with Crippen LogP contribution in [0, 0.1) is 28.6 Å². The Labute approximate surface area is 162 Å². The Balaban J connectivity index is 1.76. The Morgan fingerprint density at radius 2 is 1.96 bits per heavy atom. The zero-order valence-electron chi connectivity index (χ0n) is 15.6. The molecule has 0 aliphatic heterocycles. The van der Waals surface area contributed by atoms with E-state index >= 15 is 0 Å². The molecule has 0 bridgehead atoms. The Bertz CT molecular complexity index is 755. The van der Waals surface area contributed by atoms with Crippen molar-refractivity contribution in [2.75, 3.05) is 0 Å². The van der Waals surface area contributed by atoms with Crippen LogP contribution in [0.15, 0.2) is 22.2 Å². The van der Waals surface area contributed by atoms with Crippen molar-refractivity contribution in [2.24, 2.45) is 28.6 Å². The molecule has 0 unspecified atom stereocenters. The smallest absolute Gasteiger partial charge is 0.192 e. The van der Waals surface area contributed by atoms with Gasteiger partial charge in [-0.05, 0) is 84.4 Å². The van der Waals surface area contributed by atoms with Gasteiger partial charge in [0.15, 0.2) is 17.2 Å². The van der Waals surface area contributed by atoms with E-state index in [0.717, 1.165) is 19.3 Å². The Morgan fingerprint density at radius 1 is 1.27 bits per heavy atom. The van der Waals surface area contributed by atoms with Gasteiger partial charge in [0.1, 0.15) is 0 Å². The summed E-state index contributed by atoms with van der Waals surface area (Å²) in [6.07, 6.45) is 6.62. The average Bonchev–Trinajstić information content (AvgIpc) is 2.80. The van der Waals surface area contributed by atoms with Gasteiger partial charge in [0.25, 0.3) is 0 Å². The highest BCUT2D eigenvalue weighted by Crippen LogP contribution is 2.67. The minimum atomic E-state index is -1.64. The van der Waals surface area contributed by atoms with Crippen molar-refractivity contribution in [1.82, 2.24) is 0 Å². The number of allylic oxidation sites excluding steroid dienone is 4. The van der Waals surface area contributed by atoms with Gasteiger partial charge in [0, 0.05) is 10.8 Å². The van der Waals surface area contributed by atoms with Crippen LogP contribution in [-0.2, 0) is 9.59 Å². The normalized spacial score (nSPS) is 50.3. The number of carbonyl (C=O) groups is 2. The van der Waals surface area contributed by atoms with Crippen molar-refractivity contribution >= 4 is 27.5 Å². The lowest BCUT2D eigenvalue weighted by molar-refractivity contribution is -0.172. The summed E-state index contributed by atoms with van der Waals surface area (Å²) < 4.78 is 0.709. The van der Waals surface area contributed by atoms with Crippen LogP contribution in [0.3, 0.4) is 0 Å². The second-order valence-electron chi connectivity index (χ2n) is 9.22. The lowest BCUT2D eigenvalue weighted by Crippen LogP contribution is -2.59. The number of Topliss-reactive ketones (excluding diaryl/α,β-unsaturated/α-hetero) is 1. The molecule has 0 aromatic rings. The number of ketones is 2. The summed E-state index contributed by atoms with van der Waals surface area (Å²) in [7, 11) is 0. The molecule has 0 radical (unpaired) electrons. The maximum absolute atomic E-state index is 12.3. The Kier molecular flexibility index (Phi) is 4.01. The van der Waals surface area contributed by atoms with Gasteiger partial charge in [-0.3, -0.25) is 9.59 Å². The van der Waals surface area contributed by atoms with Gasteiger partial charge in [-0.2, -0.15) is 0 Å². The summed E-state index contributed by atoms with van der Waals surface area (Å²) in [5.41, 5.74) is -1.20. The van der Waals surface area contributed by atoms with Crippen molar-refractivity contribution in [2.45, 2.75) is 64.6 Å². The van der Waals surface area contributed by atoms with Gasteiger partial charge >= 0.3 is 0 Å². The maximum atomic E-state index is 12.3. The fraction of sp³-hybridized carbons (Fsp3) is 0.714. The Hall–Kier alpha value is -0.780. The molecule has 4 rings (SSSR count). The Morgan fingerprint density at radius 3 is 2.62 bits per heavy atom. The van der Waals surface area contributed by atoms with E-state index in [-0.39, 0.29) is 22.9 Å². The van der Waals surface area contributed by atoms with E-state index in [1.54, 1.807) is 6.08 Å². The van der Waals surface area contributed by atoms with E-state index < -0.39 is 17.1 Å². The number of aliphatic hydroxyl groups excluding tert-OH is 1. The van der Waals surface area contributed by atoms with Crippen LogP contribution in [-0.4, -0.2) is 33.5 Å². The third kappa shape index (κ3) is 2.03. The monoisotopic (exact) mass is 422 g/mol. The molecule has 3 fully saturated rings. The predicted molar refractivity (Wildman–Crippen MR) is 102 cm³/mol. The van der Waals surface area contributed by atoms with E-state index in [0.29, 0.717) is 29.2 Å². The summed E-state index contributed by atoms with van der Waals surface area (Å²) in [6.45, 7) is 5.61. The van der Waals surface area contributed by atoms with Gasteiger partial charge < -0.3 is 10.2 Å². The van der Waals surface area contributed by atoms with Gasteiger partial charge in [0.2, 0.25) is 0 Å². The van der Waals surface area contributed by atoms with Crippen molar-refractivity contribution in [1.29, 1.82) is 0 Å². The number of rotatable bonds is 1. The first-order valence-corrected chi connectivity index (χ1v) is 10.4. The topological polar surface area (TPSA) is 74.6 Å². The van der Waals surface area contributed by atoms with Gasteiger partial charge in [0.05, 0.1) is 10.6 Å². The first-order chi connectivity index (χ1) is 12.1. The van der Waals surface area contributed by atoms with Crippen LogP contribution < -0.4 is 0 Å². The van der Waals surface area contributed by atoms with E-state index in [4.69, 9.17) is 0 Å². The highest BCUT2D eigenvalue weighted by Gasteiger charge is 2.69. The first kappa shape index (κ1) is 18.6. The molecule has 0 saturated heterocycles. The van der Waals surface area contributed by atoms with Crippen molar-refractivity contribution in [3.8, 4) is 0 Å². The number of carbonyl (C=O) groups excluding carboxylic acids is 2. The number of halogens is 1. The molecule has 0 spiro atoms. The first-order valence-electron chi connectivity index (χ1n) is 9.61. The molecule has 0 amide bonds. The van der Waals surface area contributed by atoms with Gasteiger partial charge in [-0.25, -0.2) is 0 Å². The molecule has 26 heavy (non-hydrogen) atoms. The second kappa shape index (κ2) is 5.62. The van der Waals surface area contributed by atoms with Crippen molar-refractivity contribution in [3.63, 3.8) is 0 Å². The quantitative estimate of drug-likeness (QED) is 0.679. The van der Waals surface area contributed by atoms with E-state index in [9.17, 15) is 19.8 Å². The summed E-state index contributed by atoms with van der Waals surface area (Å²) in [5, 5.41) is 21.8. The molecule has 3 saturated carbocycles. The largest absolute Gasteiger partial charge is 0.390 e. The molecular weight excluding hydrogens is 396 g/mol. The summed E-state index contributed by atoms with van der Waals surface area (Å²) in [5.74, 6) is 0.542. The van der Waals surface area contributed by atoms with Crippen LogP contribution in [0.5, 0.6) is 0 Å². The lowest BCUT2D eigenvalue weighted by Gasteiger charge is -2.57. The van der Waals surface area contributed by atoms with Crippen LogP contribution in [0.25, 0.3) is 0 Å². The molecule has 5 heteroatoms. The summed E-state index contributed by atoms with van der Waals surface area (Å²) in [4.78, 5) is 24.4. The van der Waals surface area contributed by atoms with Crippen LogP contribution in [0.1, 0.15) is 52.9 Å². The van der Waals surface area contributed by atoms with Crippen LogP contribution >= 0.6 is 15.9 Å². The molecule has 4 nitrogen and oxygen atoms in total. The van der Waals surface area contributed by atoms with Crippen molar-refractivity contribution < 1.29 is 19.8 Å². The summed E-state index contributed by atoms with van der Waals surface area (Å²) >= 11 is 3.52. The van der Waals surface area contributed by atoms with E-state index in [1.165, 1.54) is 12.5 Å². The highest BCUT2D eigenvalue weighted by molar-refractivity contribution is 9.12. The number of aliphatic hydroxyl groups is 2. The highest BCUT2D eigenvalue weighted by atomic mass is 79.9. The van der Waals surface area contributed by atoms with E-state index in [2.05, 4.69) is 28.9 Å². The second-order valence-corrected chi connectivity index (χ2v) is 10.0. The summed E-state index contributed by atoms with van der Waals surface area (Å²) in [6, 6.07) is 0. The third-order valence-corrected chi connectivity index (χ3v) is 9.27. The minimum absolute atomic E-state index is 0.0406. The minimum Gasteiger partial charge on any atom is -0.390 e. The zero-order valence-corrected chi connectivity index (χ0v) is 17.2. The molecule has 2 N–H and O–H groups in total. The molecule has 7 atom stereocenters. The molecule has 0 aromatic carbocycles. The van der Waals surface area contributed by atoms with E-state index in [1.807, 2.05) is 6.92 Å². The third-order valence-electron chi connectivity index (χ3n) is 8.40. The fourth-order valence-electron chi connectivity index (χ4n) is 6.94. The average molecular weight is 423 g/mol. The number of hydrogen-bond donors (Lipinski definition) is 2. The fourth-order valence-corrected chi connectivity index (χ4v) is 7.69. The number of hydrogen-bond acceptors (Lipinski definition) is 4. The standard InChI is InChI=1S/C21H27BrO4/c1-11(23)21(26)17(25)10-15-12-4-5-14-18(22)16(24)7-8-19(14,2)13(12)6-9-20(15,21)3/h7-8,12-13,15,17,25-26H,4-6,9-10H2,1-3H3/t12-,13+,15+,17-,19-,20+,21-/m1/s1. The van der Waals surface area contributed by atoms with Crippen LogP contribution in [0.2, 0.25) is 0 Å². The van der Waals surface area contributed by atoms with Gasteiger partial charge in [-0.1, -0.05) is 19.9 Å². The van der Waals surface area contributed by atoms with Crippen LogP contribution in [0.4, 0.5) is 0 Å². The van der Waals surface area contributed by atoms with Crippen molar-refractivity contribution in [3.05, 3.63) is 22.2 Å². The molecule has 4 aliphatic rings. The lowest BCUT2D eigenvalue weighted by atomic mass is 9.47. The molecule has 0 aromatic heterocycles. The molecule has 0 heterocycles. The zero-order chi connectivity index (χ0) is 19.1. The SMILES string of the molecule is CC(=O)[C@@]1(O)[C@H](O)C[C@H]2[C@@H]3CCC4=C(Br)C(=O)C=C[C@]4(C)[C@H]3CC[C@@]21C. The molecular formula is C21H27BrO4. The molecule has 142 valence electrons. The maximum Gasteiger partial charge on any atom is 0.192 e. The molecule has 4 aliphatic carbocycles.